The van der Waals surface area contributed by atoms with Crippen molar-refractivity contribution in [1.82, 2.24) is 29.4 Å². The van der Waals surface area contributed by atoms with E-state index in [2.05, 4.69) is 9.97 Å². The van der Waals surface area contributed by atoms with Gasteiger partial charge >= 0.3 is 11.8 Å². The second-order valence-corrected chi connectivity index (χ2v) is 14.6. The number of ether oxygens (including phenoxy) is 1. The fourth-order valence-corrected chi connectivity index (χ4v) is 6.74. The summed E-state index contributed by atoms with van der Waals surface area (Å²) < 4.78 is 22.8. The molecule has 0 N–H and O–H groups in total. The maximum absolute atomic E-state index is 15.5. The number of aromatic nitrogens is 5. The average molecular weight is 660 g/mol. The molecule has 0 unspecified atom stereocenters. The van der Waals surface area contributed by atoms with Gasteiger partial charge in [-0.05, 0) is 84.9 Å². The van der Waals surface area contributed by atoms with E-state index in [1.54, 1.807) is 42.4 Å². The molecule has 1 aliphatic heterocycles. The number of nitrogens with zero attached hydrogens (tertiary/aromatic N) is 7. The van der Waals surface area contributed by atoms with E-state index in [1.807, 2.05) is 39.5 Å². The zero-order valence-corrected chi connectivity index (χ0v) is 28.3. The summed E-state index contributed by atoms with van der Waals surface area (Å²) in [7, 11) is 0. The van der Waals surface area contributed by atoms with Crippen LogP contribution in [0.2, 0.25) is 5.02 Å². The Bertz CT molecular complexity index is 1940. The first kappa shape index (κ1) is 31.5. The van der Waals surface area contributed by atoms with Crippen molar-refractivity contribution in [2.45, 2.75) is 96.7 Å². The van der Waals surface area contributed by atoms with Crippen LogP contribution in [0.4, 0.5) is 15.0 Å². The third-order valence-electron chi connectivity index (χ3n) is 9.16. The van der Waals surface area contributed by atoms with E-state index < -0.39 is 17.1 Å². The molecule has 3 aliphatic rings. The number of fused-ring (bicyclic) bond motifs is 1. The minimum atomic E-state index is -0.629. The maximum Gasteiger partial charge on any atom is 0.410 e. The van der Waals surface area contributed by atoms with Crippen molar-refractivity contribution in [3.05, 3.63) is 68.9 Å². The molecule has 2 aliphatic carbocycles. The zero-order valence-electron chi connectivity index (χ0n) is 27.5. The third-order valence-corrected chi connectivity index (χ3v) is 9.45. The fourth-order valence-electron chi connectivity index (χ4n) is 6.49. The van der Waals surface area contributed by atoms with Crippen LogP contribution in [0.3, 0.4) is 0 Å². The number of carbonyl (C=O) groups excluding carboxylic acids is 1. The van der Waals surface area contributed by atoms with Crippen molar-refractivity contribution in [2.24, 2.45) is 0 Å². The van der Waals surface area contributed by atoms with Gasteiger partial charge in [0.2, 0.25) is 0 Å². The SMILES string of the molecule is Cc1cccc(-c2nc3c(cc2Cl)c(N2C[C@@H](C)N(C(=O)OC(C)(C)C)C[C@@H]2C)nc(=O)n3-c2c(C3CC3)ncnc2C2CC2)c1F. The second kappa shape index (κ2) is 11.5. The molecule has 2 atom stereocenters. The lowest BCUT2D eigenvalue weighted by Crippen LogP contribution is -2.59. The number of rotatable bonds is 5. The van der Waals surface area contributed by atoms with Crippen molar-refractivity contribution in [3.8, 4) is 16.9 Å². The molecule has 3 aromatic heterocycles. The molecule has 0 radical (unpaired) electrons. The predicted octanol–water partition coefficient (Wildman–Crippen LogP) is 6.93. The van der Waals surface area contributed by atoms with E-state index in [-0.39, 0.29) is 46.3 Å². The van der Waals surface area contributed by atoms with Gasteiger partial charge in [-0.25, -0.2) is 33.5 Å². The quantitative estimate of drug-likeness (QED) is 0.227. The Morgan fingerprint density at radius 1 is 1.00 bits per heavy atom. The van der Waals surface area contributed by atoms with Crippen molar-refractivity contribution in [3.63, 3.8) is 0 Å². The molecule has 10 nitrogen and oxygen atoms in total. The molecule has 1 amide bonds. The summed E-state index contributed by atoms with van der Waals surface area (Å²) in [5, 5.41) is 0.779. The summed E-state index contributed by atoms with van der Waals surface area (Å²) >= 11 is 6.93. The van der Waals surface area contributed by atoms with E-state index in [4.69, 9.17) is 26.3 Å². The monoisotopic (exact) mass is 659 g/mol. The summed E-state index contributed by atoms with van der Waals surface area (Å²) in [6.07, 6.45) is 5.10. The Hall–Kier alpha value is -4.12. The summed E-state index contributed by atoms with van der Waals surface area (Å²) in [6.45, 7) is 11.9. The summed E-state index contributed by atoms with van der Waals surface area (Å²) in [5.74, 6) is 0.420. The van der Waals surface area contributed by atoms with Gasteiger partial charge in [0, 0.05) is 42.6 Å². The molecule has 7 rings (SSSR count). The average Bonchev–Trinajstić information content (AvgIpc) is 3.92. The minimum absolute atomic E-state index is 0.218. The number of piperazine rings is 1. The molecule has 0 bridgehead atoms. The molecule has 246 valence electrons. The van der Waals surface area contributed by atoms with Crippen LogP contribution in [0, 0.1) is 12.7 Å². The molecular weight excluding hydrogens is 621 g/mol. The van der Waals surface area contributed by atoms with Crippen LogP contribution < -0.4 is 10.6 Å². The van der Waals surface area contributed by atoms with Gasteiger partial charge in [0.05, 0.1) is 33.2 Å². The van der Waals surface area contributed by atoms with E-state index in [0.29, 0.717) is 41.2 Å². The number of halogens is 2. The fraction of sp³-hybridized carbons (Fsp3) is 0.486. The molecule has 47 heavy (non-hydrogen) atoms. The Morgan fingerprint density at radius 2 is 1.66 bits per heavy atom. The van der Waals surface area contributed by atoms with Gasteiger partial charge in [0.25, 0.3) is 0 Å². The number of amides is 1. The van der Waals surface area contributed by atoms with Gasteiger partial charge in [-0.1, -0.05) is 23.7 Å². The summed E-state index contributed by atoms with van der Waals surface area (Å²) in [4.78, 5) is 50.3. The molecule has 0 spiro atoms. The van der Waals surface area contributed by atoms with Crippen molar-refractivity contribution in [2.75, 3.05) is 18.0 Å². The molecule has 1 saturated heterocycles. The first-order chi connectivity index (χ1) is 22.3. The number of benzene rings is 1. The van der Waals surface area contributed by atoms with Gasteiger partial charge < -0.3 is 14.5 Å². The Kier molecular flexibility index (Phi) is 7.73. The Balaban J connectivity index is 1.44. The van der Waals surface area contributed by atoms with E-state index in [1.165, 1.54) is 4.57 Å². The van der Waals surface area contributed by atoms with Crippen LogP contribution in [0.5, 0.6) is 0 Å². The number of pyridine rings is 1. The van der Waals surface area contributed by atoms with Crippen LogP contribution in [0.1, 0.15) is 89.1 Å². The zero-order chi connectivity index (χ0) is 33.4. The second-order valence-electron chi connectivity index (χ2n) is 14.2. The van der Waals surface area contributed by atoms with E-state index in [0.717, 1.165) is 37.1 Å². The standard InChI is InChI=1S/C35H39ClFN7O3/c1-18-8-7-9-23(26(18)37)29-25(36)14-24-31(42-15-20(3)43(16-19(42)2)34(46)47-35(4,5)6)41-33(45)44(32(24)40-29)30-27(21-10-11-21)38-17-39-28(30)22-12-13-22/h7-9,14,17,19-22H,10-13,15-16H2,1-6H3/t19-,20+/m0/s1. The molecule has 4 aromatic rings. The molecule has 12 heteroatoms. The predicted molar refractivity (Wildman–Crippen MR) is 179 cm³/mol. The molecule has 1 aromatic carbocycles. The molecular formula is C35H39ClFN7O3. The minimum Gasteiger partial charge on any atom is -0.444 e. The van der Waals surface area contributed by atoms with Gasteiger partial charge in [-0.3, -0.25) is 0 Å². The number of anilines is 1. The van der Waals surface area contributed by atoms with Crippen LogP contribution in [-0.4, -0.2) is 66.3 Å². The largest absolute Gasteiger partial charge is 0.444 e. The highest BCUT2D eigenvalue weighted by Crippen LogP contribution is 2.48. The normalized spacial score (nSPS) is 20.2. The lowest BCUT2D eigenvalue weighted by atomic mass is 10.1. The highest BCUT2D eigenvalue weighted by atomic mass is 35.5. The van der Waals surface area contributed by atoms with Crippen LogP contribution in [0.15, 0.2) is 35.4 Å². The first-order valence-electron chi connectivity index (χ1n) is 16.3. The Labute approximate surface area is 278 Å². The van der Waals surface area contributed by atoms with Crippen LogP contribution in [-0.2, 0) is 4.74 Å². The summed E-state index contributed by atoms with van der Waals surface area (Å²) in [6, 6.07) is 6.36. The van der Waals surface area contributed by atoms with Crippen molar-refractivity contribution in [1.29, 1.82) is 0 Å². The summed E-state index contributed by atoms with van der Waals surface area (Å²) in [5.41, 5.74) is 2.36. The van der Waals surface area contributed by atoms with Crippen molar-refractivity contribution >= 4 is 34.5 Å². The number of hydrogen-bond donors (Lipinski definition) is 0. The van der Waals surface area contributed by atoms with E-state index >= 15 is 4.39 Å². The van der Waals surface area contributed by atoms with Gasteiger partial charge in [0.15, 0.2) is 5.65 Å². The number of hydrogen-bond acceptors (Lipinski definition) is 8. The Morgan fingerprint density at radius 3 is 2.28 bits per heavy atom. The topological polar surface area (TPSA) is 106 Å². The molecule has 3 fully saturated rings. The first-order valence-corrected chi connectivity index (χ1v) is 16.7. The van der Waals surface area contributed by atoms with Crippen LogP contribution in [0.25, 0.3) is 28.0 Å². The molecule has 2 saturated carbocycles. The lowest BCUT2D eigenvalue weighted by Gasteiger charge is -2.44. The van der Waals surface area contributed by atoms with Gasteiger partial charge in [-0.15, -0.1) is 0 Å². The highest BCUT2D eigenvalue weighted by molar-refractivity contribution is 6.33. The maximum atomic E-state index is 15.5. The number of aryl methyl sites for hydroxylation is 1. The smallest absolute Gasteiger partial charge is 0.410 e. The lowest BCUT2D eigenvalue weighted by molar-refractivity contribution is 0.0130. The van der Waals surface area contributed by atoms with Gasteiger partial charge in [0.1, 0.15) is 23.6 Å². The van der Waals surface area contributed by atoms with Crippen molar-refractivity contribution < 1.29 is 13.9 Å². The van der Waals surface area contributed by atoms with E-state index in [9.17, 15) is 9.59 Å². The highest BCUT2D eigenvalue weighted by Gasteiger charge is 2.39. The van der Waals surface area contributed by atoms with Gasteiger partial charge in [-0.2, -0.15) is 4.98 Å². The number of carbonyl (C=O) groups is 1. The molecule has 4 heterocycles. The third kappa shape index (κ3) is 5.83. The van der Waals surface area contributed by atoms with Crippen LogP contribution >= 0.6 is 11.6 Å².